The first-order valence-electron chi connectivity index (χ1n) is 8.87. The molecule has 9 nitrogen and oxygen atoms in total. The Hall–Kier alpha value is -2.33. The zero-order valence-corrected chi connectivity index (χ0v) is 16.2. The summed E-state index contributed by atoms with van der Waals surface area (Å²) in [7, 11) is 0. The predicted octanol–water partition coefficient (Wildman–Crippen LogP) is 1.01. The van der Waals surface area contributed by atoms with E-state index in [1.54, 1.807) is 12.2 Å². The Morgan fingerprint density at radius 2 is 1.74 bits per heavy atom. The van der Waals surface area contributed by atoms with Gasteiger partial charge in [0.1, 0.15) is 6.04 Å². The molecule has 0 radical (unpaired) electrons. The highest BCUT2D eigenvalue weighted by Gasteiger charge is 2.25. The summed E-state index contributed by atoms with van der Waals surface area (Å²) in [5, 5.41) is 18.5. The average Bonchev–Trinajstić information content (AvgIpc) is 2.69. The van der Waals surface area contributed by atoms with E-state index in [1.807, 2.05) is 0 Å². The normalized spacial score (nSPS) is 15.8. The van der Waals surface area contributed by atoms with Crippen LogP contribution in [0.2, 0.25) is 0 Å². The van der Waals surface area contributed by atoms with Crippen LogP contribution in [0.15, 0.2) is 25.3 Å². The molecule has 1 fully saturated rings. The van der Waals surface area contributed by atoms with Crippen molar-refractivity contribution in [2.45, 2.75) is 24.9 Å². The van der Waals surface area contributed by atoms with Gasteiger partial charge in [0.25, 0.3) is 0 Å². The lowest BCUT2D eigenvalue weighted by molar-refractivity contribution is -0.139. The van der Waals surface area contributed by atoms with E-state index in [-0.39, 0.29) is 11.8 Å². The molecular formula is C17H27N7O2S. The molecule has 1 aliphatic heterocycles. The summed E-state index contributed by atoms with van der Waals surface area (Å²) in [5.41, 5.74) is 0. The molecule has 2 rings (SSSR count). The maximum Gasteiger partial charge on any atom is 0.321 e. The minimum absolute atomic E-state index is 0.132. The van der Waals surface area contributed by atoms with Gasteiger partial charge in [-0.05, 0) is 12.8 Å². The third kappa shape index (κ3) is 6.40. The zero-order valence-electron chi connectivity index (χ0n) is 15.3. The van der Waals surface area contributed by atoms with Crippen molar-refractivity contribution in [2.24, 2.45) is 0 Å². The van der Waals surface area contributed by atoms with Crippen LogP contribution in [0, 0.1) is 0 Å². The van der Waals surface area contributed by atoms with E-state index in [4.69, 9.17) is 5.11 Å². The smallest absolute Gasteiger partial charge is 0.321 e. The van der Waals surface area contributed by atoms with Gasteiger partial charge in [-0.3, -0.25) is 4.79 Å². The van der Waals surface area contributed by atoms with Gasteiger partial charge in [-0.25, -0.2) is 0 Å². The van der Waals surface area contributed by atoms with Crippen LogP contribution < -0.4 is 20.9 Å². The van der Waals surface area contributed by atoms with Gasteiger partial charge in [0.15, 0.2) is 0 Å². The fraction of sp³-hybridized carbons (Fsp3) is 0.529. The van der Waals surface area contributed by atoms with Gasteiger partial charge in [-0.15, -0.1) is 13.2 Å². The number of hydrogen-bond acceptors (Lipinski definition) is 9. The molecule has 0 unspecified atom stereocenters. The average molecular weight is 394 g/mol. The van der Waals surface area contributed by atoms with Gasteiger partial charge in [-0.1, -0.05) is 12.2 Å². The number of carbonyl (C=O) groups is 1. The first kappa shape index (κ1) is 21.0. The highest BCUT2D eigenvalue weighted by Crippen LogP contribution is 2.19. The second-order valence-electron chi connectivity index (χ2n) is 6.12. The van der Waals surface area contributed by atoms with Crippen molar-refractivity contribution in [3.63, 3.8) is 0 Å². The number of carboxylic acid groups (broad SMARTS) is 1. The molecule has 27 heavy (non-hydrogen) atoms. The van der Waals surface area contributed by atoms with E-state index >= 15 is 0 Å². The van der Waals surface area contributed by atoms with Crippen LogP contribution in [-0.2, 0) is 4.79 Å². The van der Waals surface area contributed by atoms with E-state index in [0.717, 1.165) is 25.9 Å². The Morgan fingerprint density at radius 3 is 2.19 bits per heavy atom. The van der Waals surface area contributed by atoms with Crippen LogP contribution in [0.5, 0.6) is 0 Å². The number of nitrogens with one attached hydrogen (secondary N) is 3. The predicted molar refractivity (Wildman–Crippen MR) is 111 cm³/mol. The fourth-order valence-corrected chi connectivity index (χ4v) is 2.99. The summed E-state index contributed by atoms with van der Waals surface area (Å²) in [6.45, 7) is 9.92. The van der Waals surface area contributed by atoms with Crippen molar-refractivity contribution in [3.05, 3.63) is 25.3 Å². The number of nitrogens with zero attached hydrogens (tertiary/aromatic N) is 4. The third-order valence-electron chi connectivity index (χ3n) is 4.13. The Balaban J connectivity index is 2.03. The van der Waals surface area contributed by atoms with E-state index in [0.29, 0.717) is 30.9 Å². The topological polar surface area (TPSA) is 115 Å². The van der Waals surface area contributed by atoms with Crippen molar-refractivity contribution in [3.8, 4) is 0 Å². The van der Waals surface area contributed by atoms with Gasteiger partial charge >= 0.3 is 5.97 Å². The Bertz CT molecular complexity index is 620. The highest BCUT2D eigenvalue weighted by atomic mass is 32.1. The summed E-state index contributed by atoms with van der Waals surface area (Å²) in [6.07, 6.45) is 5.07. The lowest BCUT2D eigenvalue weighted by Gasteiger charge is -2.33. The molecule has 2 heterocycles. The standard InChI is InChI=1S/C17H27N7O2S/c1-3-7-18-15-21-16(19-8-4-2)23-17(22-15)24-9-5-12(6-10-24)20-13(11-27)14(25)26/h3-4,12-13,20,27H,1-2,5-11H2,(H,25,26)(H2,18,19,21,22,23)/t13-/m0/s1. The van der Waals surface area contributed by atoms with E-state index in [2.05, 4.69) is 61.6 Å². The summed E-state index contributed by atoms with van der Waals surface area (Å²) in [5.74, 6) is 0.937. The number of thiol groups is 1. The van der Waals surface area contributed by atoms with Crippen LogP contribution in [-0.4, -0.2) is 70.0 Å². The summed E-state index contributed by atoms with van der Waals surface area (Å²) in [4.78, 5) is 26.5. The zero-order chi connectivity index (χ0) is 19.6. The quantitative estimate of drug-likeness (QED) is 0.277. The lowest BCUT2D eigenvalue weighted by Crippen LogP contribution is -2.49. The van der Waals surface area contributed by atoms with Crippen molar-refractivity contribution >= 4 is 36.4 Å². The Labute approximate surface area is 164 Å². The third-order valence-corrected chi connectivity index (χ3v) is 4.49. The summed E-state index contributed by atoms with van der Waals surface area (Å²) >= 11 is 4.10. The molecule has 0 amide bonds. The number of hydrogen-bond donors (Lipinski definition) is 5. The minimum Gasteiger partial charge on any atom is -0.480 e. The molecule has 0 bridgehead atoms. The molecule has 0 aliphatic carbocycles. The molecule has 148 valence electrons. The minimum atomic E-state index is -0.874. The number of piperidine rings is 1. The highest BCUT2D eigenvalue weighted by molar-refractivity contribution is 7.80. The molecule has 0 spiro atoms. The van der Waals surface area contributed by atoms with E-state index in [1.165, 1.54) is 0 Å². The van der Waals surface area contributed by atoms with Gasteiger partial charge in [-0.2, -0.15) is 27.6 Å². The van der Waals surface area contributed by atoms with Gasteiger partial charge in [0.2, 0.25) is 17.8 Å². The Morgan fingerprint density at radius 1 is 1.19 bits per heavy atom. The fourth-order valence-electron chi connectivity index (χ4n) is 2.72. The molecule has 0 saturated carbocycles. The SMILES string of the molecule is C=CCNc1nc(NCC=C)nc(N2CCC(N[C@@H](CS)C(=O)O)CC2)n1. The largest absolute Gasteiger partial charge is 0.480 e. The number of aliphatic carboxylic acids is 1. The maximum atomic E-state index is 11.2. The monoisotopic (exact) mass is 393 g/mol. The Kier molecular flexibility index (Phi) is 8.34. The van der Waals surface area contributed by atoms with Gasteiger partial charge < -0.3 is 26.0 Å². The molecular weight excluding hydrogens is 366 g/mol. The second kappa shape index (κ2) is 10.7. The van der Waals surface area contributed by atoms with Crippen LogP contribution in [0.25, 0.3) is 0 Å². The molecule has 1 aromatic rings. The number of anilines is 3. The van der Waals surface area contributed by atoms with Crippen molar-refractivity contribution in [1.29, 1.82) is 0 Å². The lowest BCUT2D eigenvalue weighted by atomic mass is 10.0. The van der Waals surface area contributed by atoms with Crippen LogP contribution in [0.4, 0.5) is 17.8 Å². The van der Waals surface area contributed by atoms with Gasteiger partial charge in [0, 0.05) is 38.0 Å². The van der Waals surface area contributed by atoms with Crippen molar-refractivity contribution < 1.29 is 9.90 Å². The molecule has 4 N–H and O–H groups in total. The van der Waals surface area contributed by atoms with Crippen LogP contribution >= 0.6 is 12.6 Å². The first-order valence-corrected chi connectivity index (χ1v) is 9.50. The molecule has 1 aliphatic rings. The summed E-state index contributed by atoms with van der Waals surface area (Å²) < 4.78 is 0. The number of carboxylic acids is 1. The molecule has 1 atom stereocenters. The molecule has 10 heteroatoms. The summed E-state index contributed by atoms with van der Waals surface area (Å²) in [6, 6.07) is -0.500. The number of rotatable bonds is 11. The van der Waals surface area contributed by atoms with Crippen LogP contribution in [0.3, 0.4) is 0 Å². The molecule has 1 aromatic heterocycles. The van der Waals surface area contributed by atoms with E-state index < -0.39 is 12.0 Å². The number of aromatic nitrogens is 3. The first-order chi connectivity index (χ1) is 13.1. The molecule has 1 saturated heterocycles. The van der Waals surface area contributed by atoms with Gasteiger partial charge in [0.05, 0.1) is 0 Å². The van der Waals surface area contributed by atoms with Crippen molar-refractivity contribution in [1.82, 2.24) is 20.3 Å². The molecule has 0 aromatic carbocycles. The van der Waals surface area contributed by atoms with Crippen molar-refractivity contribution in [2.75, 3.05) is 47.5 Å². The second-order valence-corrected chi connectivity index (χ2v) is 6.49. The maximum absolute atomic E-state index is 11.2. The van der Waals surface area contributed by atoms with Crippen LogP contribution in [0.1, 0.15) is 12.8 Å². The van der Waals surface area contributed by atoms with E-state index in [9.17, 15) is 4.79 Å².